The van der Waals surface area contributed by atoms with Crippen LogP contribution in [0.1, 0.15) is 6.42 Å². The third kappa shape index (κ3) is 2.02. The number of nitrogens with zero attached hydrogens (tertiary/aromatic N) is 2. The van der Waals surface area contributed by atoms with Gasteiger partial charge < -0.3 is 5.11 Å². The molecule has 1 aromatic heterocycles. The Morgan fingerprint density at radius 2 is 2.33 bits per heavy atom. The highest BCUT2D eigenvalue weighted by Gasteiger charge is 2.30. The molecule has 15 heavy (non-hydrogen) atoms. The normalized spacial score (nSPS) is 21.1. The Labute approximate surface area is 98.5 Å². The molecule has 1 aliphatic rings. The molecule has 1 aliphatic heterocycles. The number of H-pyrrole nitrogens is 1. The molecule has 1 atom stereocenters. The molecule has 1 fully saturated rings. The third-order valence-electron chi connectivity index (χ3n) is 2.10. The van der Waals surface area contributed by atoms with Gasteiger partial charge in [0.2, 0.25) is 11.9 Å². The van der Waals surface area contributed by atoms with Crippen molar-refractivity contribution in [1.82, 2.24) is 9.97 Å². The van der Waals surface area contributed by atoms with E-state index in [-0.39, 0.29) is 30.4 Å². The summed E-state index contributed by atoms with van der Waals surface area (Å²) < 4.78 is 0.462. The number of hydrogen-bond acceptors (Lipinski definition) is 4. The van der Waals surface area contributed by atoms with Gasteiger partial charge in [-0.25, -0.2) is 4.98 Å². The van der Waals surface area contributed by atoms with Gasteiger partial charge in [0, 0.05) is 6.20 Å². The number of amides is 1. The molecule has 80 valence electrons. The lowest BCUT2D eigenvalue weighted by atomic mass is 10.3. The van der Waals surface area contributed by atoms with Crippen molar-refractivity contribution in [1.29, 1.82) is 0 Å². The van der Waals surface area contributed by atoms with E-state index in [9.17, 15) is 14.7 Å². The van der Waals surface area contributed by atoms with Gasteiger partial charge >= 0.3 is 0 Å². The number of aliphatic hydroxyl groups is 1. The van der Waals surface area contributed by atoms with E-state index in [1.165, 1.54) is 11.1 Å². The Morgan fingerprint density at radius 3 is 2.87 bits per heavy atom. The zero-order valence-electron chi connectivity index (χ0n) is 7.61. The average Bonchev–Trinajstić information content (AvgIpc) is 2.50. The molecule has 0 spiro atoms. The summed E-state index contributed by atoms with van der Waals surface area (Å²) in [5, 5.41) is 9.27. The van der Waals surface area contributed by atoms with Crippen molar-refractivity contribution in [3.05, 3.63) is 20.1 Å². The molecule has 1 amide bonds. The molecule has 0 saturated carbocycles. The van der Waals surface area contributed by atoms with Crippen LogP contribution in [-0.4, -0.2) is 33.6 Å². The summed E-state index contributed by atoms with van der Waals surface area (Å²) in [5.74, 6) is -0.0335. The molecule has 1 unspecified atom stereocenters. The van der Waals surface area contributed by atoms with Crippen LogP contribution in [-0.2, 0) is 4.79 Å². The maximum Gasteiger partial charge on any atom is 0.265 e. The molecule has 1 aromatic rings. The fourth-order valence-electron chi connectivity index (χ4n) is 1.40. The van der Waals surface area contributed by atoms with E-state index in [2.05, 4.69) is 9.97 Å². The van der Waals surface area contributed by atoms with Gasteiger partial charge in [0.25, 0.3) is 5.56 Å². The Morgan fingerprint density at radius 1 is 1.60 bits per heavy atom. The van der Waals surface area contributed by atoms with E-state index >= 15 is 0 Å². The number of aromatic amines is 1. The van der Waals surface area contributed by atoms with Crippen molar-refractivity contribution in [2.45, 2.75) is 12.5 Å². The van der Waals surface area contributed by atoms with Crippen LogP contribution in [0.2, 0.25) is 0 Å². The number of rotatable bonds is 1. The second kappa shape index (κ2) is 3.89. The zero-order chi connectivity index (χ0) is 11.0. The molecule has 2 rings (SSSR count). The third-order valence-corrected chi connectivity index (χ3v) is 2.87. The van der Waals surface area contributed by atoms with E-state index in [1.54, 1.807) is 0 Å². The van der Waals surface area contributed by atoms with Gasteiger partial charge in [-0.05, 0) is 22.6 Å². The molecule has 1 saturated heterocycles. The molecule has 0 aromatic carbocycles. The fourth-order valence-corrected chi connectivity index (χ4v) is 1.67. The van der Waals surface area contributed by atoms with Crippen LogP contribution in [0.5, 0.6) is 0 Å². The fraction of sp³-hybridized carbons (Fsp3) is 0.375. The Kier molecular flexibility index (Phi) is 2.74. The van der Waals surface area contributed by atoms with Gasteiger partial charge in [-0.2, -0.15) is 0 Å². The zero-order valence-corrected chi connectivity index (χ0v) is 9.76. The standard InChI is InChI=1S/C8H8IN3O3/c9-5-2-10-8(11-7(5)15)12-3-4(13)1-6(12)14/h2,4,13H,1,3H2,(H,10,11,15). The predicted octanol–water partition coefficient (Wildman–Crippen LogP) is -0.528. The smallest absolute Gasteiger partial charge is 0.265 e. The SMILES string of the molecule is O=C1CC(O)CN1c1ncc(I)c(=O)[nH]1. The van der Waals surface area contributed by atoms with Crippen LogP contribution in [0.4, 0.5) is 5.95 Å². The minimum atomic E-state index is -0.679. The number of β-amino-alcohol motifs (C(OH)–C–C–N with tert-alkyl or cyclic N) is 1. The number of hydrogen-bond donors (Lipinski definition) is 2. The second-order valence-corrected chi connectivity index (χ2v) is 4.41. The van der Waals surface area contributed by atoms with Gasteiger partial charge in [0.15, 0.2) is 0 Å². The van der Waals surface area contributed by atoms with Crippen molar-refractivity contribution in [3.63, 3.8) is 0 Å². The van der Waals surface area contributed by atoms with Crippen LogP contribution < -0.4 is 10.5 Å². The number of carbonyl (C=O) groups is 1. The molecule has 7 heteroatoms. The van der Waals surface area contributed by atoms with Crippen molar-refractivity contribution in [3.8, 4) is 0 Å². The summed E-state index contributed by atoms with van der Waals surface area (Å²) in [6.07, 6.45) is 0.796. The highest BCUT2D eigenvalue weighted by molar-refractivity contribution is 14.1. The van der Waals surface area contributed by atoms with E-state index in [0.29, 0.717) is 3.57 Å². The van der Waals surface area contributed by atoms with Gasteiger partial charge in [-0.1, -0.05) is 0 Å². The highest BCUT2D eigenvalue weighted by Crippen LogP contribution is 2.16. The summed E-state index contributed by atoms with van der Waals surface area (Å²) in [6.45, 7) is 0.183. The lowest BCUT2D eigenvalue weighted by Crippen LogP contribution is -2.29. The highest BCUT2D eigenvalue weighted by atomic mass is 127. The molecule has 2 N–H and O–H groups in total. The number of anilines is 1. The number of carbonyl (C=O) groups excluding carboxylic acids is 1. The van der Waals surface area contributed by atoms with Crippen molar-refractivity contribution < 1.29 is 9.90 Å². The summed E-state index contributed by atoms with van der Waals surface area (Å²) >= 11 is 1.85. The number of nitrogens with one attached hydrogen (secondary N) is 1. The van der Waals surface area contributed by atoms with Gasteiger partial charge in [-0.3, -0.25) is 19.5 Å². The first-order valence-corrected chi connectivity index (χ1v) is 5.39. The van der Waals surface area contributed by atoms with Gasteiger partial charge in [0.05, 0.1) is 22.6 Å². The average molecular weight is 321 g/mol. The Bertz CT molecular complexity index is 459. The molecule has 0 aliphatic carbocycles. The van der Waals surface area contributed by atoms with Crippen LogP contribution in [0.3, 0.4) is 0 Å². The van der Waals surface area contributed by atoms with Crippen LogP contribution >= 0.6 is 22.6 Å². The van der Waals surface area contributed by atoms with Crippen molar-refractivity contribution in [2.24, 2.45) is 0 Å². The lowest BCUT2D eigenvalue weighted by molar-refractivity contribution is -0.117. The second-order valence-electron chi connectivity index (χ2n) is 3.25. The first kappa shape index (κ1) is 10.6. The lowest BCUT2D eigenvalue weighted by Gasteiger charge is -2.13. The van der Waals surface area contributed by atoms with Crippen molar-refractivity contribution >= 4 is 34.4 Å². The Balaban J connectivity index is 2.34. The first-order chi connectivity index (χ1) is 7.08. The largest absolute Gasteiger partial charge is 0.391 e. The summed E-state index contributed by atoms with van der Waals surface area (Å²) in [5.41, 5.74) is -0.283. The number of aromatic nitrogens is 2. The number of halogens is 1. The van der Waals surface area contributed by atoms with E-state index in [0.717, 1.165) is 0 Å². The molecular formula is C8H8IN3O3. The predicted molar refractivity (Wildman–Crippen MR) is 60.6 cm³/mol. The summed E-state index contributed by atoms with van der Waals surface area (Å²) in [7, 11) is 0. The quantitative estimate of drug-likeness (QED) is 0.681. The first-order valence-electron chi connectivity index (χ1n) is 4.31. The topological polar surface area (TPSA) is 86.3 Å². The molecule has 2 heterocycles. The van der Waals surface area contributed by atoms with E-state index in [4.69, 9.17) is 0 Å². The van der Waals surface area contributed by atoms with Gasteiger partial charge in [-0.15, -0.1) is 0 Å². The van der Waals surface area contributed by atoms with Crippen LogP contribution in [0.25, 0.3) is 0 Å². The summed E-state index contributed by atoms with van der Waals surface area (Å²) in [6, 6.07) is 0. The minimum absolute atomic E-state index is 0.0791. The van der Waals surface area contributed by atoms with Gasteiger partial charge in [0.1, 0.15) is 0 Å². The van der Waals surface area contributed by atoms with E-state index in [1.807, 2.05) is 22.6 Å². The molecule has 6 nitrogen and oxygen atoms in total. The monoisotopic (exact) mass is 321 g/mol. The van der Waals surface area contributed by atoms with Crippen molar-refractivity contribution in [2.75, 3.05) is 11.4 Å². The molecular weight excluding hydrogens is 313 g/mol. The molecule has 0 radical (unpaired) electrons. The van der Waals surface area contributed by atoms with E-state index < -0.39 is 6.10 Å². The van der Waals surface area contributed by atoms with Crippen LogP contribution in [0.15, 0.2) is 11.0 Å². The number of aliphatic hydroxyl groups excluding tert-OH is 1. The Hall–Kier alpha value is -0.960. The maximum absolute atomic E-state index is 11.4. The maximum atomic E-state index is 11.4. The summed E-state index contributed by atoms with van der Waals surface area (Å²) in [4.78, 5) is 30.4. The van der Waals surface area contributed by atoms with Crippen LogP contribution in [0, 0.1) is 3.57 Å². The molecule has 0 bridgehead atoms. The minimum Gasteiger partial charge on any atom is -0.391 e.